The van der Waals surface area contributed by atoms with E-state index in [-0.39, 0.29) is 10.7 Å². The molecule has 0 saturated heterocycles. The minimum atomic E-state index is -3.78. The average Bonchev–Trinajstić information content (AvgIpc) is 2.93. The lowest BCUT2D eigenvalue weighted by Gasteiger charge is -2.20. The third kappa shape index (κ3) is 4.04. The first-order valence-corrected chi connectivity index (χ1v) is 9.48. The molecule has 0 atom stereocenters. The van der Waals surface area contributed by atoms with E-state index in [9.17, 15) is 8.42 Å². The van der Waals surface area contributed by atoms with Crippen LogP contribution in [0.5, 0.6) is 0 Å². The van der Waals surface area contributed by atoms with E-state index in [2.05, 4.69) is 19.0 Å². The van der Waals surface area contributed by atoms with Crippen molar-refractivity contribution in [3.8, 4) is 0 Å². The minimum Gasteiger partial charge on any atom is -0.383 e. The Morgan fingerprint density at radius 1 is 1.12 bits per heavy atom. The van der Waals surface area contributed by atoms with Crippen LogP contribution in [0.1, 0.15) is 36.8 Å². The standard InChI is InChI=1S/C18H25N3O3S/c1-13(2)15-7-9-16(10-8-15)21(6)25(22,23)18-14(3)19-24-17(18)11-12-20(4)5/h7-13H,1-6H3. The van der Waals surface area contributed by atoms with E-state index in [0.717, 1.165) is 5.56 Å². The lowest BCUT2D eigenvalue weighted by atomic mass is 10.0. The van der Waals surface area contributed by atoms with Crippen LogP contribution in [-0.2, 0) is 10.0 Å². The first-order chi connectivity index (χ1) is 11.6. The molecule has 0 fully saturated rings. The summed E-state index contributed by atoms with van der Waals surface area (Å²) in [7, 11) is 1.44. The second kappa shape index (κ2) is 7.31. The molecule has 2 rings (SSSR count). The van der Waals surface area contributed by atoms with Crippen LogP contribution in [-0.4, -0.2) is 39.6 Å². The molecule has 2 aromatic rings. The van der Waals surface area contributed by atoms with Gasteiger partial charge in [-0.3, -0.25) is 4.31 Å². The molecule has 7 heteroatoms. The van der Waals surface area contributed by atoms with Crippen LogP contribution in [0.15, 0.2) is 39.9 Å². The highest BCUT2D eigenvalue weighted by Crippen LogP contribution is 2.28. The Morgan fingerprint density at radius 2 is 1.72 bits per heavy atom. The summed E-state index contributed by atoms with van der Waals surface area (Å²) in [5.41, 5.74) is 2.09. The summed E-state index contributed by atoms with van der Waals surface area (Å²) in [5.74, 6) is 0.607. The molecular weight excluding hydrogens is 338 g/mol. The highest BCUT2D eigenvalue weighted by atomic mass is 32.2. The molecule has 1 aromatic heterocycles. The van der Waals surface area contributed by atoms with Crippen molar-refractivity contribution >= 4 is 21.8 Å². The van der Waals surface area contributed by atoms with Gasteiger partial charge in [0.2, 0.25) is 0 Å². The molecule has 136 valence electrons. The number of rotatable bonds is 6. The Kier molecular flexibility index (Phi) is 5.57. The molecule has 0 amide bonds. The van der Waals surface area contributed by atoms with Gasteiger partial charge in [-0.2, -0.15) is 0 Å². The molecule has 1 aromatic carbocycles. The average molecular weight is 363 g/mol. The van der Waals surface area contributed by atoms with E-state index in [4.69, 9.17) is 4.52 Å². The Hall–Kier alpha value is -2.28. The fraction of sp³-hybridized carbons (Fsp3) is 0.389. The summed E-state index contributed by atoms with van der Waals surface area (Å²) >= 11 is 0. The number of anilines is 1. The second-order valence-corrected chi connectivity index (χ2v) is 8.37. The molecule has 1 heterocycles. The van der Waals surface area contributed by atoms with Crippen LogP contribution in [0.25, 0.3) is 6.08 Å². The Balaban J connectivity index is 2.43. The van der Waals surface area contributed by atoms with E-state index in [1.165, 1.54) is 11.4 Å². The highest BCUT2D eigenvalue weighted by Gasteiger charge is 2.29. The van der Waals surface area contributed by atoms with Gasteiger partial charge >= 0.3 is 0 Å². The van der Waals surface area contributed by atoms with Crippen molar-refractivity contribution < 1.29 is 12.9 Å². The number of benzene rings is 1. The van der Waals surface area contributed by atoms with Crippen LogP contribution in [0.2, 0.25) is 0 Å². The molecule has 6 nitrogen and oxygen atoms in total. The fourth-order valence-electron chi connectivity index (χ4n) is 2.36. The Labute approximate surface area is 149 Å². The number of sulfonamides is 1. The fourth-order valence-corrected chi connectivity index (χ4v) is 3.80. The van der Waals surface area contributed by atoms with Gasteiger partial charge in [-0.25, -0.2) is 8.42 Å². The quantitative estimate of drug-likeness (QED) is 0.786. The number of aryl methyl sites for hydroxylation is 1. The topological polar surface area (TPSA) is 66.7 Å². The first kappa shape index (κ1) is 19.1. The maximum absolute atomic E-state index is 13.1. The SMILES string of the molecule is Cc1noc(C=CN(C)C)c1S(=O)(=O)N(C)c1ccc(C(C)C)cc1. The number of aromatic nitrogens is 1. The van der Waals surface area contributed by atoms with Crippen LogP contribution in [0, 0.1) is 6.92 Å². The van der Waals surface area contributed by atoms with Gasteiger partial charge < -0.3 is 9.42 Å². The van der Waals surface area contributed by atoms with Crippen molar-refractivity contribution in [1.82, 2.24) is 10.1 Å². The molecule has 0 aliphatic heterocycles. The van der Waals surface area contributed by atoms with Crippen LogP contribution < -0.4 is 4.31 Å². The van der Waals surface area contributed by atoms with Gasteiger partial charge in [0.1, 0.15) is 5.69 Å². The van der Waals surface area contributed by atoms with E-state index in [0.29, 0.717) is 17.3 Å². The minimum absolute atomic E-state index is 0.0843. The van der Waals surface area contributed by atoms with Gasteiger partial charge in [0.25, 0.3) is 10.0 Å². The van der Waals surface area contributed by atoms with E-state index in [1.807, 2.05) is 38.4 Å². The molecule has 0 spiro atoms. The largest absolute Gasteiger partial charge is 0.383 e. The molecule has 0 aliphatic carbocycles. The summed E-state index contributed by atoms with van der Waals surface area (Å²) < 4.78 is 32.6. The zero-order valence-corrected chi connectivity index (χ0v) is 16.3. The third-order valence-electron chi connectivity index (χ3n) is 3.90. The van der Waals surface area contributed by atoms with Gasteiger partial charge in [0.05, 0.1) is 5.69 Å². The van der Waals surface area contributed by atoms with Gasteiger partial charge in [0, 0.05) is 33.4 Å². The predicted octanol–water partition coefficient (Wildman–Crippen LogP) is 3.46. The number of nitrogens with zero attached hydrogens (tertiary/aromatic N) is 3. The van der Waals surface area contributed by atoms with Gasteiger partial charge in [-0.05, 0) is 30.5 Å². The summed E-state index contributed by atoms with van der Waals surface area (Å²) in [6.45, 7) is 5.82. The molecule has 0 bridgehead atoms. The van der Waals surface area contributed by atoms with E-state index >= 15 is 0 Å². The molecular formula is C18H25N3O3S. The van der Waals surface area contributed by atoms with Crippen LogP contribution >= 0.6 is 0 Å². The first-order valence-electron chi connectivity index (χ1n) is 8.04. The zero-order valence-electron chi connectivity index (χ0n) is 15.5. The van der Waals surface area contributed by atoms with Crippen molar-refractivity contribution in [1.29, 1.82) is 0 Å². The van der Waals surface area contributed by atoms with Gasteiger partial charge in [0.15, 0.2) is 10.7 Å². The van der Waals surface area contributed by atoms with E-state index in [1.54, 1.807) is 24.1 Å². The Bertz CT molecular complexity index is 850. The predicted molar refractivity (Wildman–Crippen MR) is 100 cm³/mol. The monoisotopic (exact) mass is 363 g/mol. The van der Waals surface area contributed by atoms with Crippen molar-refractivity contribution in [3.05, 3.63) is 47.5 Å². The third-order valence-corrected chi connectivity index (χ3v) is 5.84. The van der Waals surface area contributed by atoms with Crippen LogP contribution in [0.3, 0.4) is 0 Å². The van der Waals surface area contributed by atoms with Gasteiger partial charge in [-0.1, -0.05) is 31.1 Å². The lowest BCUT2D eigenvalue weighted by molar-refractivity contribution is 0.405. The second-order valence-electron chi connectivity index (χ2n) is 6.46. The molecule has 0 unspecified atom stereocenters. The van der Waals surface area contributed by atoms with Crippen molar-refractivity contribution in [2.24, 2.45) is 0 Å². The summed E-state index contributed by atoms with van der Waals surface area (Å²) in [4.78, 5) is 1.88. The molecule has 0 radical (unpaired) electrons. The smallest absolute Gasteiger partial charge is 0.269 e. The molecule has 0 aliphatic rings. The Morgan fingerprint density at radius 3 is 2.24 bits per heavy atom. The summed E-state index contributed by atoms with van der Waals surface area (Å²) in [6.07, 6.45) is 3.32. The van der Waals surface area contributed by atoms with E-state index < -0.39 is 10.0 Å². The lowest BCUT2D eigenvalue weighted by Crippen LogP contribution is -2.27. The van der Waals surface area contributed by atoms with Crippen molar-refractivity contribution in [2.75, 3.05) is 25.4 Å². The maximum Gasteiger partial charge on any atom is 0.269 e. The normalized spacial score (nSPS) is 12.1. The van der Waals surface area contributed by atoms with Crippen LogP contribution in [0.4, 0.5) is 5.69 Å². The molecule has 25 heavy (non-hydrogen) atoms. The summed E-state index contributed by atoms with van der Waals surface area (Å²) in [5, 5.41) is 3.82. The maximum atomic E-state index is 13.1. The van der Waals surface area contributed by atoms with Crippen molar-refractivity contribution in [2.45, 2.75) is 31.6 Å². The molecule has 0 saturated carbocycles. The number of hydrogen-bond acceptors (Lipinski definition) is 5. The molecule has 0 N–H and O–H groups in total. The van der Waals surface area contributed by atoms with Gasteiger partial charge in [-0.15, -0.1) is 0 Å². The summed E-state index contributed by atoms with van der Waals surface area (Å²) in [6, 6.07) is 7.51. The highest BCUT2D eigenvalue weighted by molar-refractivity contribution is 7.92. The van der Waals surface area contributed by atoms with Crippen molar-refractivity contribution in [3.63, 3.8) is 0 Å². The number of hydrogen-bond donors (Lipinski definition) is 0. The zero-order chi connectivity index (χ0) is 18.8.